The van der Waals surface area contributed by atoms with Gasteiger partial charge in [-0.1, -0.05) is 12.1 Å². The van der Waals surface area contributed by atoms with Crippen LogP contribution in [0.3, 0.4) is 0 Å². The first-order valence-corrected chi connectivity index (χ1v) is 10.6. The number of thioether (sulfide) groups is 1. The summed E-state index contributed by atoms with van der Waals surface area (Å²) < 4.78 is 38.5. The van der Waals surface area contributed by atoms with Crippen LogP contribution in [0.2, 0.25) is 0 Å². The van der Waals surface area contributed by atoms with Crippen LogP contribution in [-0.2, 0) is 10.0 Å². The molecule has 0 saturated carbocycles. The van der Waals surface area contributed by atoms with E-state index in [1.165, 1.54) is 10.4 Å². The lowest BCUT2D eigenvalue weighted by Crippen LogP contribution is -2.30. The van der Waals surface area contributed by atoms with E-state index in [9.17, 15) is 8.42 Å². The Labute approximate surface area is 158 Å². The maximum atomic E-state index is 13.2. The number of nitrogens with two attached hydrogens (primary N) is 1. The molecule has 1 unspecified atom stereocenters. The van der Waals surface area contributed by atoms with Crippen LogP contribution in [0.25, 0.3) is 0 Å². The van der Waals surface area contributed by atoms with Crippen LogP contribution in [0.15, 0.2) is 41.3 Å². The molecule has 0 spiro atoms. The van der Waals surface area contributed by atoms with E-state index in [1.807, 2.05) is 19.1 Å². The summed E-state index contributed by atoms with van der Waals surface area (Å²) in [5.41, 5.74) is 8.10. The van der Waals surface area contributed by atoms with Crippen molar-refractivity contribution in [1.82, 2.24) is 4.31 Å². The SMILES string of the molecule is COc1ccc(C2SCCN2S(=O)(=O)c2ccc(C)c(N)c2)cc1OC. The molecule has 0 bridgehead atoms. The zero-order valence-corrected chi connectivity index (χ0v) is 16.6. The maximum Gasteiger partial charge on any atom is 0.244 e. The molecule has 1 heterocycles. The molecular weight excluding hydrogens is 372 g/mol. The first-order valence-electron chi connectivity index (χ1n) is 8.10. The van der Waals surface area contributed by atoms with Crippen LogP contribution in [0, 0.1) is 6.92 Å². The average Bonchev–Trinajstić information content (AvgIpc) is 3.14. The van der Waals surface area contributed by atoms with Crippen molar-refractivity contribution in [2.75, 3.05) is 32.3 Å². The Hall–Kier alpha value is -1.90. The van der Waals surface area contributed by atoms with E-state index >= 15 is 0 Å². The number of rotatable bonds is 5. The Bertz CT molecular complexity index is 915. The molecule has 0 amide bonds. The van der Waals surface area contributed by atoms with E-state index in [0.29, 0.717) is 23.7 Å². The topological polar surface area (TPSA) is 81.9 Å². The highest BCUT2D eigenvalue weighted by Gasteiger charge is 2.37. The third-order valence-electron chi connectivity index (χ3n) is 4.40. The van der Waals surface area contributed by atoms with E-state index < -0.39 is 10.0 Å². The number of anilines is 1. The number of aryl methyl sites for hydroxylation is 1. The summed E-state index contributed by atoms with van der Waals surface area (Å²) in [5.74, 6) is 1.91. The van der Waals surface area contributed by atoms with E-state index in [-0.39, 0.29) is 10.3 Å². The van der Waals surface area contributed by atoms with E-state index in [2.05, 4.69) is 0 Å². The molecule has 0 radical (unpaired) electrons. The summed E-state index contributed by atoms with van der Waals surface area (Å²) in [7, 11) is -0.518. The third-order valence-corrected chi connectivity index (χ3v) is 7.65. The zero-order chi connectivity index (χ0) is 18.9. The van der Waals surface area contributed by atoms with Gasteiger partial charge in [-0.15, -0.1) is 11.8 Å². The Morgan fingerprint density at radius 3 is 2.50 bits per heavy atom. The maximum absolute atomic E-state index is 13.2. The molecule has 140 valence electrons. The second-order valence-corrected chi connectivity index (χ2v) is 9.05. The molecule has 6 nitrogen and oxygen atoms in total. The van der Waals surface area contributed by atoms with Gasteiger partial charge in [0.25, 0.3) is 0 Å². The third kappa shape index (κ3) is 3.36. The molecular formula is C18H22N2O4S2. The summed E-state index contributed by atoms with van der Waals surface area (Å²) in [6.45, 7) is 2.30. The Morgan fingerprint density at radius 2 is 1.85 bits per heavy atom. The van der Waals surface area contributed by atoms with E-state index in [1.54, 1.807) is 44.2 Å². The lowest BCUT2D eigenvalue weighted by atomic mass is 10.2. The highest BCUT2D eigenvalue weighted by molar-refractivity contribution is 8.01. The lowest BCUT2D eigenvalue weighted by molar-refractivity contribution is 0.353. The number of benzene rings is 2. The van der Waals surface area contributed by atoms with Gasteiger partial charge in [0.15, 0.2) is 11.5 Å². The van der Waals surface area contributed by atoms with Crippen molar-refractivity contribution in [3.63, 3.8) is 0 Å². The summed E-state index contributed by atoms with van der Waals surface area (Å²) in [4.78, 5) is 0.216. The van der Waals surface area contributed by atoms with Crippen molar-refractivity contribution < 1.29 is 17.9 Å². The normalized spacial score (nSPS) is 18.0. The number of sulfonamides is 1. The zero-order valence-electron chi connectivity index (χ0n) is 14.9. The molecule has 2 N–H and O–H groups in total. The minimum atomic E-state index is -3.65. The standard InChI is InChI=1S/C18H22N2O4S2/c1-12-4-6-14(11-15(12)19)26(21,22)20-8-9-25-18(20)13-5-7-16(23-2)17(10-13)24-3/h4-7,10-11,18H,8-9,19H2,1-3H3. The van der Waals surface area contributed by atoms with Crippen LogP contribution >= 0.6 is 11.8 Å². The first kappa shape index (κ1) is 18.9. The quantitative estimate of drug-likeness (QED) is 0.785. The predicted molar refractivity (Wildman–Crippen MR) is 104 cm³/mol. The van der Waals surface area contributed by atoms with Crippen molar-refractivity contribution in [2.45, 2.75) is 17.2 Å². The second kappa shape index (κ2) is 7.38. The number of hydrogen-bond acceptors (Lipinski definition) is 6. The van der Waals surface area contributed by atoms with Crippen LogP contribution < -0.4 is 15.2 Å². The van der Waals surface area contributed by atoms with Gasteiger partial charge in [0.1, 0.15) is 0 Å². The molecule has 0 aromatic heterocycles. The summed E-state index contributed by atoms with van der Waals surface area (Å²) in [5, 5.41) is -0.317. The molecule has 1 aliphatic heterocycles. The Morgan fingerprint density at radius 1 is 1.12 bits per heavy atom. The molecule has 0 aliphatic carbocycles. The van der Waals surface area contributed by atoms with Gasteiger partial charge in [-0.05, 0) is 42.3 Å². The molecule has 26 heavy (non-hydrogen) atoms. The molecule has 1 saturated heterocycles. The Kier molecular flexibility index (Phi) is 5.36. The molecule has 2 aromatic carbocycles. The first-order chi connectivity index (χ1) is 12.4. The Balaban J connectivity index is 1.98. The highest BCUT2D eigenvalue weighted by Crippen LogP contribution is 2.43. The smallest absolute Gasteiger partial charge is 0.244 e. The summed E-state index contributed by atoms with van der Waals surface area (Å²) in [6, 6.07) is 10.4. The van der Waals surface area contributed by atoms with Gasteiger partial charge in [0.05, 0.1) is 24.5 Å². The summed E-state index contributed by atoms with van der Waals surface area (Å²) >= 11 is 1.58. The van der Waals surface area contributed by atoms with Gasteiger partial charge in [0, 0.05) is 18.0 Å². The van der Waals surface area contributed by atoms with Crippen LogP contribution in [0.5, 0.6) is 11.5 Å². The van der Waals surface area contributed by atoms with Gasteiger partial charge in [0.2, 0.25) is 10.0 Å². The number of methoxy groups -OCH3 is 2. The number of nitrogen functional groups attached to an aromatic ring is 1. The van der Waals surface area contributed by atoms with Crippen molar-refractivity contribution in [1.29, 1.82) is 0 Å². The van der Waals surface area contributed by atoms with E-state index in [0.717, 1.165) is 16.9 Å². The molecule has 2 aromatic rings. The molecule has 3 rings (SSSR count). The minimum absolute atomic E-state index is 0.216. The van der Waals surface area contributed by atoms with Gasteiger partial charge < -0.3 is 15.2 Å². The fourth-order valence-electron chi connectivity index (χ4n) is 2.88. The van der Waals surface area contributed by atoms with Crippen LogP contribution in [0.4, 0.5) is 5.69 Å². The number of nitrogens with zero attached hydrogens (tertiary/aromatic N) is 1. The van der Waals surface area contributed by atoms with Crippen molar-refractivity contribution in [3.05, 3.63) is 47.5 Å². The average molecular weight is 395 g/mol. The fraction of sp³-hybridized carbons (Fsp3) is 0.333. The van der Waals surface area contributed by atoms with Gasteiger partial charge in [-0.3, -0.25) is 0 Å². The minimum Gasteiger partial charge on any atom is -0.493 e. The molecule has 8 heteroatoms. The molecule has 1 atom stereocenters. The van der Waals surface area contributed by atoms with Gasteiger partial charge in [-0.2, -0.15) is 4.31 Å². The molecule has 1 aliphatic rings. The van der Waals surface area contributed by atoms with Gasteiger partial charge >= 0.3 is 0 Å². The molecule has 1 fully saturated rings. The number of hydrogen-bond donors (Lipinski definition) is 1. The van der Waals surface area contributed by atoms with Crippen molar-refractivity contribution >= 4 is 27.5 Å². The lowest BCUT2D eigenvalue weighted by Gasteiger charge is -2.24. The van der Waals surface area contributed by atoms with E-state index in [4.69, 9.17) is 15.2 Å². The van der Waals surface area contributed by atoms with Gasteiger partial charge in [-0.25, -0.2) is 8.42 Å². The van der Waals surface area contributed by atoms with Crippen LogP contribution in [0.1, 0.15) is 16.5 Å². The monoisotopic (exact) mass is 394 g/mol. The largest absolute Gasteiger partial charge is 0.493 e. The van der Waals surface area contributed by atoms with Crippen molar-refractivity contribution in [2.24, 2.45) is 0 Å². The highest BCUT2D eigenvalue weighted by atomic mass is 32.2. The van der Waals surface area contributed by atoms with Crippen LogP contribution in [-0.4, -0.2) is 39.2 Å². The second-order valence-electron chi connectivity index (χ2n) is 5.97. The number of ether oxygens (including phenoxy) is 2. The van der Waals surface area contributed by atoms with Crippen molar-refractivity contribution in [3.8, 4) is 11.5 Å². The fourth-order valence-corrected chi connectivity index (χ4v) is 6.15. The summed E-state index contributed by atoms with van der Waals surface area (Å²) in [6.07, 6.45) is 0. The predicted octanol–water partition coefficient (Wildman–Crippen LogP) is 3.03.